The van der Waals surface area contributed by atoms with E-state index in [-0.39, 0.29) is 5.91 Å². The molecule has 1 amide bonds. The van der Waals surface area contributed by atoms with Gasteiger partial charge in [0, 0.05) is 40.9 Å². The van der Waals surface area contributed by atoms with Crippen molar-refractivity contribution < 1.29 is 4.79 Å². The number of thioether (sulfide) groups is 1. The molecule has 0 radical (unpaired) electrons. The van der Waals surface area contributed by atoms with Crippen molar-refractivity contribution in [1.29, 1.82) is 0 Å². The smallest absolute Gasteiger partial charge is 0.240 e. The lowest BCUT2D eigenvalue weighted by Gasteiger charge is -2.20. The van der Waals surface area contributed by atoms with Crippen molar-refractivity contribution >= 4 is 41.2 Å². The van der Waals surface area contributed by atoms with E-state index in [1.807, 2.05) is 36.4 Å². The second-order valence-corrected chi connectivity index (χ2v) is 7.21. The molecule has 0 aliphatic heterocycles. The SMILES string of the molecule is CCN(CC)c1ccc(/C=N/NC(=O)CCSc2ccc(Cl)cc2)cc1. The molecule has 0 aliphatic carbocycles. The Balaban J connectivity index is 1.73. The van der Waals surface area contributed by atoms with Crippen LogP contribution >= 0.6 is 23.4 Å². The van der Waals surface area contributed by atoms with E-state index >= 15 is 0 Å². The molecule has 0 bridgehead atoms. The molecule has 0 heterocycles. The van der Waals surface area contributed by atoms with E-state index in [1.54, 1.807) is 18.0 Å². The van der Waals surface area contributed by atoms with Crippen molar-refractivity contribution in [3.05, 3.63) is 59.1 Å². The van der Waals surface area contributed by atoms with Crippen LogP contribution in [0.1, 0.15) is 25.8 Å². The standard InChI is InChI=1S/C20H24ClN3OS/c1-3-24(4-2)18-9-5-16(6-10-18)15-22-23-20(25)13-14-26-19-11-7-17(21)8-12-19/h5-12,15H,3-4,13-14H2,1-2H3,(H,23,25)/b22-15+. The van der Waals surface area contributed by atoms with E-state index in [0.717, 1.165) is 23.5 Å². The number of halogens is 1. The van der Waals surface area contributed by atoms with E-state index in [0.29, 0.717) is 17.2 Å². The fourth-order valence-corrected chi connectivity index (χ4v) is 3.36. The molecule has 138 valence electrons. The summed E-state index contributed by atoms with van der Waals surface area (Å²) in [6.45, 7) is 6.24. The van der Waals surface area contributed by atoms with E-state index in [2.05, 4.69) is 41.4 Å². The molecule has 0 aliphatic rings. The van der Waals surface area contributed by atoms with Crippen molar-refractivity contribution in [3.63, 3.8) is 0 Å². The van der Waals surface area contributed by atoms with Gasteiger partial charge in [0.25, 0.3) is 0 Å². The maximum atomic E-state index is 11.8. The Hall–Kier alpha value is -1.98. The van der Waals surface area contributed by atoms with Crippen LogP contribution in [0, 0.1) is 0 Å². The van der Waals surface area contributed by atoms with E-state index in [4.69, 9.17) is 11.6 Å². The third kappa shape index (κ3) is 6.73. The molecular weight excluding hydrogens is 366 g/mol. The number of hydrazone groups is 1. The number of amides is 1. The Kier molecular flexibility index (Phi) is 8.51. The van der Waals surface area contributed by atoms with Gasteiger partial charge < -0.3 is 4.90 Å². The van der Waals surface area contributed by atoms with Crippen molar-refractivity contribution in [3.8, 4) is 0 Å². The quantitative estimate of drug-likeness (QED) is 0.380. The van der Waals surface area contributed by atoms with E-state index in [9.17, 15) is 4.79 Å². The minimum atomic E-state index is -0.0949. The Bertz CT molecular complexity index is 713. The van der Waals surface area contributed by atoms with Gasteiger partial charge in [-0.3, -0.25) is 4.79 Å². The molecule has 0 spiro atoms. The van der Waals surface area contributed by atoms with Crippen molar-refractivity contribution in [2.75, 3.05) is 23.7 Å². The second-order valence-electron chi connectivity index (χ2n) is 5.61. The maximum Gasteiger partial charge on any atom is 0.240 e. The highest BCUT2D eigenvalue weighted by Crippen LogP contribution is 2.20. The molecular formula is C20H24ClN3OS. The summed E-state index contributed by atoms with van der Waals surface area (Å²) in [6.07, 6.45) is 2.07. The third-order valence-corrected chi connectivity index (χ3v) is 5.10. The first kappa shape index (κ1) is 20.3. The topological polar surface area (TPSA) is 44.7 Å². The van der Waals surface area contributed by atoms with Crippen LogP contribution < -0.4 is 10.3 Å². The average Bonchev–Trinajstić information content (AvgIpc) is 2.65. The Labute approximate surface area is 164 Å². The van der Waals surface area contributed by atoms with Gasteiger partial charge in [0.2, 0.25) is 5.91 Å². The summed E-state index contributed by atoms with van der Waals surface area (Å²) in [6, 6.07) is 15.7. The molecule has 2 aromatic carbocycles. The highest BCUT2D eigenvalue weighted by molar-refractivity contribution is 7.99. The first-order valence-electron chi connectivity index (χ1n) is 8.67. The highest BCUT2D eigenvalue weighted by atomic mass is 35.5. The van der Waals surface area contributed by atoms with Crippen LogP contribution in [0.25, 0.3) is 0 Å². The molecule has 0 aromatic heterocycles. The lowest BCUT2D eigenvalue weighted by atomic mass is 10.2. The largest absolute Gasteiger partial charge is 0.372 e. The van der Waals surface area contributed by atoms with Crippen LogP contribution in [0.4, 0.5) is 5.69 Å². The summed E-state index contributed by atoms with van der Waals surface area (Å²) >= 11 is 7.47. The number of carbonyl (C=O) groups is 1. The van der Waals surface area contributed by atoms with Crippen molar-refractivity contribution in [2.45, 2.75) is 25.2 Å². The first-order valence-corrected chi connectivity index (χ1v) is 10.0. The summed E-state index contributed by atoms with van der Waals surface area (Å²) in [5.74, 6) is 0.601. The minimum Gasteiger partial charge on any atom is -0.372 e. The van der Waals surface area contributed by atoms with Gasteiger partial charge in [0.1, 0.15) is 0 Å². The fraction of sp³-hybridized carbons (Fsp3) is 0.300. The Morgan fingerprint density at radius 3 is 2.38 bits per heavy atom. The van der Waals surface area contributed by atoms with Crippen LogP contribution in [-0.4, -0.2) is 31.0 Å². The molecule has 0 saturated heterocycles. The van der Waals surface area contributed by atoms with Gasteiger partial charge in [-0.05, 0) is 55.8 Å². The van der Waals surface area contributed by atoms with Gasteiger partial charge in [-0.25, -0.2) is 5.43 Å². The normalized spacial score (nSPS) is 10.9. The molecule has 0 unspecified atom stereocenters. The Morgan fingerprint density at radius 2 is 1.77 bits per heavy atom. The van der Waals surface area contributed by atoms with Crippen molar-refractivity contribution in [1.82, 2.24) is 5.43 Å². The second kappa shape index (κ2) is 10.9. The molecule has 4 nitrogen and oxygen atoms in total. The van der Waals surface area contributed by atoms with Crippen molar-refractivity contribution in [2.24, 2.45) is 5.10 Å². The third-order valence-electron chi connectivity index (χ3n) is 3.84. The van der Waals surface area contributed by atoms with Crippen LogP contribution in [0.15, 0.2) is 58.5 Å². The number of hydrogen-bond donors (Lipinski definition) is 1. The Morgan fingerprint density at radius 1 is 1.12 bits per heavy atom. The predicted octanol–water partition coefficient (Wildman–Crippen LogP) is 4.82. The van der Waals surface area contributed by atoms with Crippen LogP contribution in [0.5, 0.6) is 0 Å². The minimum absolute atomic E-state index is 0.0949. The fourth-order valence-electron chi connectivity index (χ4n) is 2.39. The maximum absolute atomic E-state index is 11.8. The van der Waals surface area contributed by atoms with E-state index < -0.39 is 0 Å². The average molecular weight is 390 g/mol. The van der Waals surface area contributed by atoms with Gasteiger partial charge in [0.15, 0.2) is 0 Å². The summed E-state index contributed by atoms with van der Waals surface area (Å²) in [5.41, 5.74) is 4.72. The number of carbonyl (C=O) groups excluding carboxylic acids is 1. The highest BCUT2D eigenvalue weighted by Gasteiger charge is 2.02. The molecule has 1 N–H and O–H groups in total. The molecule has 0 atom stereocenters. The van der Waals surface area contributed by atoms with Gasteiger partial charge in [0.05, 0.1) is 6.21 Å². The van der Waals surface area contributed by atoms with Gasteiger partial charge in [-0.15, -0.1) is 11.8 Å². The number of hydrogen-bond acceptors (Lipinski definition) is 4. The van der Waals surface area contributed by atoms with Crippen LogP contribution in [0.2, 0.25) is 5.02 Å². The first-order chi connectivity index (χ1) is 12.6. The predicted molar refractivity (Wildman–Crippen MR) is 113 cm³/mol. The molecule has 2 rings (SSSR count). The van der Waals surface area contributed by atoms with Crippen LogP contribution in [-0.2, 0) is 4.79 Å². The zero-order chi connectivity index (χ0) is 18.8. The monoisotopic (exact) mass is 389 g/mol. The lowest BCUT2D eigenvalue weighted by molar-refractivity contribution is -0.120. The molecule has 2 aromatic rings. The lowest BCUT2D eigenvalue weighted by Crippen LogP contribution is -2.21. The van der Waals surface area contributed by atoms with Gasteiger partial charge >= 0.3 is 0 Å². The number of anilines is 1. The van der Waals surface area contributed by atoms with Gasteiger partial charge in [-0.1, -0.05) is 23.7 Å². The molecule has 0 fully saturated rings. The zero-order valence-electron chi connectivity index (χ0n) is 15.1. The summed E-state index contributed by atoms with van der Waals surface area (Å²) in [7, 11) is 0. The summed E-state index contributed by atoms with van der Waals surface area (Å²) in [5, 5.41) is 4.74. The molecule has 6 heteroatoms. The molecule has 0 saturated carbocycles. The number of nitrogens with zero attached hydrogens (tertiary/aromatic N) is 2. The van der Waals surface area contributed by atoms with Crippen LogP contribution in [0.3, 0.4) is 0 Å². The summed E-state index contributed by atoms with van der Waals surface area (Å²) < 4.78 is 0. The van der Waals surface area contributed by atoms with Gasteiger partial charge in [-0.2, -0.15) is 5.10 Å². The number of rotatable bonds is 9. The number of benzene rings is 2. The number of nitrogens with one attached hydrogen (secondary N) is 1. The zero-order valence-corrected chi connectivity index (χ0v) is 16.7. The molecule has 26 heavy (non-hydrogen) atoms. The van der Waals surface area contributed by atoms with E-state index in [1.165, 1.54) is 5.69 Å². The summed E-state index contributed by atoms with van der Waals surface area (Å²) in [4.78, 5) is 15.2.